The first kappa shape index (κ1) is 7.63. The van der Waals surface area contributed by atoms with Crippen molar-refractivity contribution < 1.29 is 0 Å². The quantitative estimate of drug-likeness (QED) is 0.493. The van der Waals surface area contributed by atoms with Crippen molar-refractivity contribution >= 4 is 0 Å². The second-order valence-electron chi connectivity index (χ2n) is 3.06. The van der Waals surface area contributed by atoms with Crippen LogP contribution in [0.25, 0.3) is 0 Å². The van der Waals surface area contributed by atoms with Gasteiger partial charge in [0.2, 0.25) is 0 Å². The topological polar surface area (TPSA) is 3.24 Å². The van der Waals surface area contributed by atoms with Gasteiger partial charge >= 0.3 is 0 Å². The minimum atomic E-state index is 0.888. The fourth-order valence-electron chi connectivity index (χ4n) is 1.36. The molecule has 1 nitrogen and oxygen atoms in total. The summed E-state index contributed by atoms with van der Waals surface area (Å²) in [5, 5.41) is 0. The molecule has 1 aliphatic rings. The number of hydrogen-bond acceptors (Lipinski definition) is 1. The van der Waals surface area contributed by atoms with Crippen molar-refractivity contribution in [3.05, 3.63) is 0 Å². The van der Waals surface area contributed by atoms with Gasteiger partial charge in [-0.2, -0.15) is 0 Å². The van der Waals surface area contributed by atoms with E-state index < -0.39 is 0 Å². The smallest absolute Gasteiger partial charge is 0.0601 e. The van der Waals surface area contributed by atoms with E-state index in [0.717, 1.165) is 12.5 Å². The summed E-state index contributed by atoms with van der Waals surface area (Å²) >= 11 is 0. The van der Waals surface area contributed by atoms with Crippen LogP contribution in [0.5, 0.6) is 0 Å². The molecule has 0 aromatic rings. The summed E-state index contributed by atoms with van der Waals surface area (Å²) in [5.41, 5.74) is 0. The lowest BCUT2D eigenvalue weighted by molar-refractivity contribution is 0.369. The summed E-state index contributed by atoms with van der Waals surface area (Å²) in [6, 6.07) is 0. The average molecular weight is 137 g/mol. The Balaban J connectivity index is 2.22. The molecule has 1 atom stereocenters. The molecule has 1 heteroatoms. The standard InChI is InChI=1S/C9H15N/c1-3-4-6-10-7-5-9(2)8-10/h9H,5-8H2,1-2H3. The Bertz CT molecular complexity index is 152. The third kappa shape index (κ3) is 2.04. The molecule has 1 aliphatic heterocycles. The molecular formula is C9H15N. The molecule has 0 spiro atoms. The van der Waals surface area contributed by atoms with Crippen LogP contribution in [-0.4, -0.2) is 24.5 Å². The van der Waals surface area contributed by atoms with Gasteiger partial charge in [0.15, 0.2) is 0 Å². The van der Waals surface area contributed by atoms with E-state index in [-0.39, 0.29) is 0 Å². The Morgan fingerprint density at radius 3 is 2.90 bits per heavy atom. The lowest BCUT2D eigenvalue weighted by Gasteiger charge is -2.09. The van der Waals surface area contributed by atoms with Crippen molar-refractivity contribution in [2.75, 3.05) is 19.6 Å². The van der Waals surface area contributed by atoms with Crippen LogP contribution < -0.4 is 0 Å². The largest absolute Gasteiger partial charge is 0.292 e. The highest BCUT2D eigenvalue weighted by atomic mass is 15.1. The van der Waals surface area contributed by atoms with Gasteiger partial charge in [-0.3, -0.25) is 4.90 Å². The molecule has 0 N–H and O–H groups in total. The monoisotopic (exact) mass is 137 g/mol. The van der Waals surface area contributed by atoms with Gasteiger partial charge in [-0.05, 0) is 25.8 Å². The second-order valence-corrected chi connectivity index (χ2v) is 3.06. The molecule has 0 amide bonds. The van der Waals surface area contributed by atoms with Crippen LogP contribution in [0.15, 0.2) is 0 Å². The minimum absolute atomic E-state index is 0.888. The Hall–Kier alpha value is -0.480. The van der Waals surface area contributed by atoms with Gasteiger partial charge in [-0.25, -0.2) is 0 Å². The molecule has 0 saturated carbocycles. The van der Waals surface area contributed by atoms with E-state index in [0.29, 0.717) is 0 Å². The van der Waals surface area contributed by atoms with Crippen LogP contribution in [0.2, 0.25) is 0 Å². The molecule has 0 aromatic heterocycles. The zero-order valence-electron chi connectivity index (χ0n) is 6.85. The molecule has 0 bridgehead atoms. The molecular weight excluding hydrogens is 122 g/mol. The van der Waals surface area contributed by atoms with E-state index in [2.05, 4.69) is 23.7 Å². The van der Waals surface area contributed by atoms with E-state index in [1.807, 2.05) is 6.92 Å². The molecule has 1 unspecified atom stereocenters. The predicted molar refractivity (Wildman–Crippen MR) is 43.7 cm³/mol. The molecule has 10 heavy (non-hydrogen) atoms. The summed E-state index contributed by atoms with van der Waals surface area (Å²) in [6.45, 7) is 7.67. The molecule has 1 rings (SSSR count). The molecule has 0 radical (unpaired) electrons. The fourth-order valence-corrected chi connectivity index (χ4v) is 1.36. The summed E-state index contributed by atoms with van der Waals surface area (Å²) in [6.07, 6.45) is 1.35. The van der Waals surface area contributed by atoms with E-state index in [1.54, 1.807) is 0 Å². The third-order valence-electron chi connectivity index (χ3n) is 1.99. The number of hydrogen-bond donors (Lipinski definition) is 0. The molecule has 56 valence electrons. The first-order valence-corrected chi connectivity index (χ1v) is 3.95. The van der Waals surface area contributed by atoms with Gasteiger partial charge < -0.3 is 0 Å². The van der Waals surface area contributed by atoms with Crippen LogP contribution in [0, 0.1) is 17.8 Å². The predicted octanol–water partition coefficient (Wildman–Crippen LogP) is 1.35. The van der Waals surface area contributed by atoms with Gasteiger partial charge in [0.1, 0.15) is 0 Å². The maximum atomic E-state index is 3.09. The Kier molecular flexibility index (Phi) is 2.77. The number of likely N-dealkylation sites (tertiary alicyclic amines) is 1. The SMILES string of the molecule is CC#CCN1CCC(C)C1. The van der Waals surface area contributed by atoms with Crippen LogP contribution in [0.1, 0.15) is 20.3 Å². The third-order valence-corrected chi connectivity index (χ3v) is 1.99. The van der Waals surface area contributed by atoms with Gasteiger partial charge in [-0.15, -0.1) is 5.92 Å². The molecule has 1 saturated heterocycles. The van der Waals surface area contributed by atoms with E-state index in [9.17, 15) is 0 Å². The van der Waals surface area contributed by atoms with Crippen molar-refractivity contribution in [1.29, 1.82) is 0 Å². The summed E-state index contributed by atoms with van der Waals surface area (Å²) in [4.78, 5) is 2.42. The zero-order valence-corrected chi connectivity index (χ0v) is 6.85. The van der Waals surface area contributed by atoms with Crippen LogP contribution in [-0.2, 0) is 0 Å². The van der Waals surface area contributed by atoms with Crippen LogP contribution in [0.4, 0.5) is 0 Å². The first-order chi connectivity index (χ1) is 4.83. The first-order valence-electron chi connectivity index (χ1n) is 3.95. The van der Waals surface area contributed by atoms with E-state index in [1.165, 1.54) is 19.5 Å². The molecule has 0 aromatic carbocycles. The fraction of sp³-hybridized carbons (Fsp3) is 0.778. The minimum Gasteiger partial charge on any atom is -0.292 e. The van der Waals surface area contributed by atoms with Gasteiger partial charge in [0, 0.05) is 6.54 Å². The summed E-state index contributed by atoms with van der Waals surface area (Å²) < 4.78 is 0. The number of nitrogens with zero attached hydrogens (tertiary/aromatic N) is 1. The van der Waals surface area contributed by atoms with Gasteiger partial charge in [0.25, 0.3) is 0 Å². The van der Waals surface area contributed by atoms with E-state index in [4.69, 9.17) is 0 Å². The highest BCUT2D eigenvalue weighted by Crippen LogP contribution is 2.13. The average Bonchev–Trinajstić information content (AvgIpc) is 2.31. The van der Waals surface area contributed by atoms with Gasteiger partial charge in [-0.1, -0.05) is 12.8 Å². The Morgan fingerprint density at radius 2 is 2.40 bits per heavy atom. The highest BCUT2D eigenvalue weighted by molar-refractivity contribution is 4.98. The number of rotatable bonds is 1. The van der Waals surface area contributed by atoms with Crippen molar-refractivity contribution in [2.45, 2.75) is 20.3 Å². The van der Waals surface area contributed by atoms with Crippen molar-refractivity contribution in [1.82, 2.24) is 4.90 Å². The molecule has 1 fully saturated rings. The maximum Gasteiger partial charge on any atom is 0.0601 e. The molecule has 1 heterocycles. The van der Waals surface area contributed by atoms with Crippen molar-refractivity contribution in [3.63, 3.8) is 0 Å². The lowest BCUT2D eigenvalue weighted by Crippen LogP contribution is -2.20. The normalized spacial score (nSPS) is 26.0. The summed E-state index contributed by atoms with van der Waals surface area (Å²) in [7, 11) is 0. The van der Waals surface area contributed by atoms with Gasteiger partial charge in [0.05, 0.1) is 6.54 Å². The maximum absolute atomic E-state index is 3.09. The Morgan fingerprint density at radius 1 is 1.60 bits per heavy atom. The van der Waals surface area contributed by atoms with Crippen molar-refractivity contribution in [3.8, 4) is 11.8 Å². The molecule has 0 aliphatic carbocycles. The second kappa shape index (κ2) is 3.63. The summed E-state index contributed by atoms with van der Waals surface area (Å²) in [5.74, 6) is 6.89. The Labute approximate surface area is 63.4 Å². The van der Waals surface area contributed by atoms with Crippen LogP contribution in [0.3, 0.4) is 0 Å². The van der Waals surface area contributed by atoms with E-state index >= 15 is 0 Å². The van der Waals surface area contributed by atoms with Crippen LogP contribution >= 0.6 is 0 Å². The zero-order chi connectivity index (χ0) is 7.40. The van der Waals surface area contributed by atoms with Crippen molar-refractivity contribution in [2.24, 2.45) is 5.92 Å². The lowest BCUT2D eigenvalue weighted by atomic mass is 10.2. The highest BCUT2D eigenvalue weighted by Gasteiger charge is 2.16.